The lowest BCUT2D eigenvalue weighted by Crippen LogP contribution is -2.53. The Hall–Kier alpha value is -2.17. The Morgan fingerprint density at radius 2 is 1.15 bits per heavy atom. The zero-order chi connectivity index (χ0) is 25.8. The highest BCUT2D eigenvalue weighted by Gasteiger charge is 2.48. The van der Waals surface area contributed by atoms with Crippen molar-refractivity contribution in [2.75, 3.05) is 0 Å². The molecule has 0 bridgehead atoms. The molecule has 0 aliphatic heterocycles. The van der Waals surface area contributed by atoms with E-state index in [0.29, 0.717) is 0 Å². The van der Waals surface area contributed by atoms with Gasteiger partial charge < -0.3 is 14.5 Å². The number of ether oxygens (including phenoxy) is 1. The van der Waals surface area contributed by atoms with Gasteiger partial charge in [0.25, 0.3) is 8.32 Å². The van der Waals surface area contributed by atoms with Gasteiger partial charge in [-0.25, -0.2) is 22.8 Å². The molecule has 0 heterocycles. The molecule has 188 valence electrons. The zero-order valence-electron chi connectivity index (χ0n) is 20.1. The van der Waals surface area contributed by atoms with Gasteiger partial charge in [0.05, 0.1) is 0 Å². The summed E-state index contributed by atoms with van der Waals surface area (Å²) < 4.78 is 78.5. The molecule has 11 heteroatoms. The minimum absolute atomic E-state index is 0.0249. The Balaban J connectivity index is 3.22. The van der Waals surface area contributed by atoms with E-state index in [4.69, 9.17) is 4.43 Å². The van der Waals surface area contributed by atoms with Crippen molar-refractivity contribution < 1.29 is 40.7 Å². The predicted octanol–water partition coefficient (Wildman–Crippen LogP) is 6.60. The number of nitrogens with one attached hydrogen (secondary N) is 1. The summed E-state index contributed by atoms with van der Waals surface area (Å²) in [6.45, 7) is 15.1. The van der Waals surface area contributed by atoms with Crippen LogP contribution in [0.4, 0.5) is 26.7 Å². The highest BCUT2D eigenvalue weighted by molar-refractivity contribution is 6.78. The third kappa shape index (κ3) is 6.24. The van der Waals surface area contributed by atoms with Crippen molar-refractivity contribution in [3.05, 3.63) is 29.1 Å². The molecule has 0 saturated heterocycles. The van der Waals surface area contributed by atoms with Crippen LogP contribution < -0.4 is 10.1 Å². The number of carbonyl (C=O) groups excluding carboxylic acids is 2. The number of benzene rings is 1. The van der Waals surface area contributed by atoms with Gasteiger partial charge in [-0.05, 0) is 29.0 Å². The van der Waals surface area contributed by atoms with Crippen LogP contribution in [0.3, 0.4) is 0 Å². The van der Waals surface area contributed by atoms with E-state index in [1.807, 2.05) is 41.5 Å². The molecular weight excluding hydrogens is 465 g/mol. The number of halogens is 5. The molecule has 1 aromatic rings. The first-order valence-corrected chi connectivity index (χ1v) is 12.9. The molecule has 0 aliphatic rings. The Kier molecular flexibility index (Phi) is 9.89. The maximum atomic E-state index is 13.9. The average molecular weight is 498 g/mol. The number of hydrogen-bond acceptors (Lipinski definition) is 4. The van der Waals surface area contributed by atoms with Crippen molar-refractivity contribution in [1.29, 1.82) is 0 Å². The molecule has 1 rings (SSSR count). The lowest BCUT2D eigenvalue weighted by Gasteiger charge is -2.41. The second-order valence-electron chi connectivity index (χ2n) is 9.35. The van der Waals surface area contributed by atoms with Crippen LogP contribution in [0, 0.1) is 35.0 Å². The van der Waals surface area contributed by atoms with E-state index >= 15 is 0 Å². The number of carbonyl (C=O) groups is 2. The molecule has 0 spiro atoms. The van der Waals surface area contributed by atoms with Gasteiger partial charge in [0.1, 0.15) is 6.04 Å². The maximum absolute atomic E-state index is 13.9. The summed E-state index contributed by atoms with van der Waals surface area (Å²) in [4.78, 5) is 25.4. The minimum atomic E-state index is -2.67. The van der Waals surface area contributed by atoms with E-state index in [1.54, 1.807) is 13.8 Å². The SMILES string of the molecule is CC(C)C[C@H](NC(=O)O[Si](C(C)C)(C(C)C)C(C)C)C(=O)Oc1c(F)c(F)c(F)c(F)c1F. The zero-order valence-corrected chi connectivity index (χ0v) is 21.1. The number of hydrogen-bond donors (Lipinski definition) is 1. The molecule has 1 N–H and O–H groups in total. The average Bonchev–Trinajstić information content (AvgIpc) is 2.70. The number of amides is 1. The Bertz CT molecular complexity index is 826. The van der Waals surface area contributed by atoms with Gasteiger partial charge >= 0.3 is 12.1 Å². The van der Waals surface area contributed by atoms with Crippen molar-refractivity contribution in [2.45, 2.75) is 84.5 Å². The van der Waals surface area contributed by atoms with Crippen LogP contribution in [0.15, 0.2) is 0 Å². The second kappa shape index (κ2) is 11.3. The van der Waals surface area contributed by atoms with Gasteiger partial charge in [0, 0.05) is 0 Å². The van der Waals surface area contributed by atoms with Gasteiger partial charge in [0.15, 0.2) is 0 Å². The topological polar surface area (TPSA) is 64.6 Å². The molecular formula is C22H32F5NO4Si. The van der Waals surface area contributed by atoms with Crippen LogP contribution in [0.5, 0.6) is 5.75 Å². The summed E-state index contributed by atoms with van der Waals surface area (Å²) >= 11 is 0. The quantitative estimate of drug-likeness (QED) is 0.104. The first-order valence-electron chi connectivity index (χ1n) is 10.8. The van der Waals surface area contributed by atoms with E-state index in [9.17, 15) is 31.5 Å². The number of esters is 1. The molecule has 0 unspecified atom stereocenters. The molecule has 1 aromatic carbocycles. The van der Waals surface area contributed by atoms with Crippen LogP contribution in [-0.2, 0) is 9.22 Å². The van der Waals surface area contributed by atoms with E-state index in [0.717, 1.165) is 0 Å². The molecule has 1 atom stereocenters. The van der Waals surface area contributed by atoms with Gasteiger partial charge in [0.2, 0.25) is 34.8 Å². The molecule has 0 saturated carbocycles. The third-order valence-electron chi connectivity index (χ3n) is 5.63. The van der Waals surface area contributed by atoms with Gasteiger partial charge in [-0.3, -0.25) is 0 Å². The largest absolute Gasteiger partial charge is 0.503 e. The van der Waals surface area contributed by atoms with Crippen LogP contribution in [0.1, 0.15) is 61.8 Å². The van der Waals surface area contributed by atoms with E-state index in [2.05, 4.69) is 10.1 Å². The highest BCUT2D eigenvalue weighted by Crippen LogP contribution is 2.42. The Labute approximate surface area is 192 Å². The first-order chi connectivity index (χ1) is 15.1. The lowest BCUT2D eigenvalue weighted by atomic mass is 10.0. The summed E-state index contributed by atoms with van der Waals surface area (Å²) in [6.07, 6.45) is -0.930. The van der Waals surface area contributed by atoms with E-state index < -0.39 is 61.3 Å². The van der Waals surface area contributed by atoms with Crippen LogP contribution >= 0.6 is 0 Å². The second-order valence-corrected chi connectivity index (χ2v) is 14.7. The molecule has 0 aromatic heterocycles. The normalized spacial score (nSPS) is 13.1. The Morgan fingerprint density at radius 1 is 0.758 bits per heavy atom. The fourth-order valence-electron chi connectivity index (χ4n) is 4.22. The molecule has 33 heavy (non-hydrogen) atoms. The van der Waals surface area contributed by atoms with Crippen molar-refractivity contribution in [3.63, 3.8) is 0 Å². The predicted molar refractivity (Wildman–Crippen MR) is 116 cm³/mol. The standard InChI is InChI=1S/C22H32F5NO4Si/c1-10(2)9-14(28-22(30)32-33(11(3)4,12(5)6)13(7)8)21(29)31-20-18(26)16(24)15(23)17(25)19(20)27/h10-14H,9H2,1-8H3,(H,28,30)/t14-/m0/s1. The van der Waals surface area contributed by atoms with Crippen LogP contribution in [0.25, 0.3) is 0 Å². The molecule has 0 aliphatic carbocycles. The highest BCUT2D eigenvalue weighted by atomic mass is 28.4. The van der Waals surface area contributed by atoms with Crippen LogP contribution in [-0.4, -0.2) is 26.4 Å². The summed E-state index contributed by atoms with van der Waals surface area (Å²) in [6, 6.07) is -1.44. The third-order valence-corrected chi connectivity index (χ3v) is 11.6. The van der Waals surface area contributed by atoms with Crippen molar-refractivity contribution in [3.8, 4) is 5.75 Å². The van der Waals surface area contributed by atoms with Gasteiger partial charge in [-0.2, -0.15) is 8.78 Å². The first kappa shape index (κ1) is 28.9. The smallest absolute Gasteiger partial charge is 0.394 e. The van der Waals surface area contributed by atoms with E-state index in [-0.39, 0.29) is 29.0 Å². The van der Waals surface area contributed by atoms with Crippen molar-refractivity contribution >= 4 is 20.4 Å². The summed E-state index contributed by atoms with van der Waals surface area (Å²) in [5.74, 6) is -14.7. The minimum Gasteiger partial charge on any atom is -0.503 e. The monoisotopic (exact) mass is 497 g/mol. The van der Waals surface area contributed by atoms with Gasteiger partial charge in [-0.1, -0.05) is 55.4 Å². The van der Waals surface area contributed by atoms with Crippen molar-refractivity contribution in [1.82, 2.24) is 5.32 Å². The summed E-state index contributed by atoms with van der Waals surface area (Å²) in [5.41, 5.74) is 0.145. The Morgan fingerprint density at radius 3 is 1.52 bits per heavy atom. The molecule has 0 radical (unpaired) electrons. The molecule has 0 fully saturated rings. The molecule has 1 amide bonds. The van der Waals surface area contributed by atoms with Crippen LogP contribution in [0.2, 0.25) is 16.6 Å². The number of rotatable bonds is 9. The van der Waals surface area contributed by atoms with E-state index in [1.165, 1.54) is 0 Å². The lowest BCUT2D eigenvalue weighted by molar-refractivity contribution is -0.137. The van der Waals surface area contributed by atoms with Crippen molar-refractivity contribution in [2.24, 2.45) is 5.92 Å². The van der Waals surface area contributed by atoms with Gasteiger partial charge in [-0.15, -0.1) is 0 Å². The fraction of sp³-hybridized carbons (Fsp3) is 0.636. The fourth-order valence-corrected chi connectivity index (χ4v) is 9.30. The maximum Gasteiger partial charge on any atom is 0.394 e. The summed E-state index contributed by atoms with van der Waals surface area (Å²) in [7, 11) is -2.67. The summed E-state index contributed by atoms with van der Waals surface area (Å²) in [5, 5.41) is 2.36. The molecule has 5 nitrogen and oxygen atoms in total.